The van der Waals surface area contributed by atoms with Crippen molar-refractivity contribution < 1.29 is 53.4 Å². The summed E-state index contributed by atoms with van der Waals surface area (Å²) in [7, 11) is 0. The van der Waals surface area contributed by atoms with Gasteiger partial charge in [-0.05, 0) is 0 Å². The highest BCUT2D eigenvalue weighted by Gasteiger charge is 2.86. The topological polar surface area (TPSA) is 20.2 Å². The monoisotopic (exact) mass is 454 g/mol. The molecule has 1 atom stereocenters. The molecule has 0 heterocycles. The van der Waals surface area contributed by atoms with E-state index in [0.29, 0.717) is 0 Å². The maximum Gasteiger partial charge on any atom is 0.460 e. The Hall–Kier alpha value is -0.0800. The molecule has 0 rings (SSSR count). The number of rotatable bonds is 6. The van der Waals surface area contributed by atoms with Gasteiger partial charge in [-0.1, -0.05) is 22.6 Å². The molecule has 0 aromatic rings. The van der Waals surface area contributed by atoms with Gasteiger partial charge in [-0.15, -0.1) is 0 Å². The van der Waals surface area contributed by atoms with Crippen molar-refractivity contribution in [2.45, 2.75) is 40.2 Å². The normalized spacial score (nSPS) is 17.0. The summed E-state index contributed by atoms with van der Waals surface area (Å²) in [5, 5.41) is 8.35. The Bertz CT molecular complexity index is 364. The molecule has 0 saturated carbocycles. The Kier molecular flexibility index (Phi) is 5.83. The zero-order valence-electron chi connectivity index (χ0n) is 9.47. The van der Waals surface area contributed by atoms with Gasteiger partial charge in [0.05, 0.1) is 6.61 Å². The van der Waals surface area contributed by atoms with Crippen molar-refractivity contribution in [1.82, 2.24) is 0 Å². The molecular weight excluding hydrogens is 448 g/mol. The molecule has 0 amide bonds. The van der Waals surface area contributed by atoms with Crippen molar-refractivity contribution in [1.29, 1.82) is 0 Å². The van der Waals surface area contributed by atoms with Crippen LogP contribution in [0, 0.1) is 0 Å². The minimum Gasteiger partial charge on any atom is -0.395 e. The maximum absolute atomic E-state index is 13.0. The van der Waals surface area contributed by atoms with Crippen LogP contribution in [0.2, 0.25) is 0 Å². The second-order valence-electron chi connectivity index (χ2n) is 3.91. The standard InChI is InChI=1S/C8H6F11IO/c9-4(10,1-3(20)2-21)5(11,12)6(13,14)7(15,16)8(17,18)19/h3,21H,1-2H2/t3-/m0/s1. The van der Waals surface area contributed by atoms with E-state index < -0.39 is 46.8 Å². The van der Waals surface area contributed by atoms with E-state index in [1.54, 1.807) is 0 Å². The first-order chi connectivity index (χ1) is 8.95. The fourth-order valence-corrected chi connectivity index (χ4v) is 1.63. The Morgan fingerprint density at radius 2 is 1.10 bits per heavy atom. The molecule has 0 radical (unpaired) electrons. The molecular formula is C8H6F11IO. The zero-order valence-corrected chi connectivity index (χ0v) is 11.6. The van der Waals surface area contributed by atoms with Crippen LogP contribution in [0.1, 0.15) is 6.42 Å². The van der Waals surface area contributed by atoms with Crippen LogP contribution >= 0.6 is 22.6 Å². The fourth-order valence-electron chi connectivity index (χ4n) is 1.08. The quantitative estimate of drug-likeness (QED) is 0.361. The molecule has 0 saturated heterocycles. The molecule has 0 aromatic carbocycles. The summed E-state index contributed by atoms with van der Waals surface area (Å²) in [5.74, 6) is -27.6. The molecule has 0 aliphatic carbocycles. The van der Waals surface area contributed by atoms with Crippen LogP contribution in [-0.4, -0.2) is 45.5 Å². The average Bonchev–Trinajstić information content (AvgIpc) is 2.25. The lowest BCUT2D eigenvalue weighted by Crippen LogP contribution is -2.66. The summed E-state index contributed by atoms with van der Waals surface area (Å²) in [6.07, 6.45) is -9.38. The molecule has 13 heteroatoms. The van der Waals surface area contributed by atoms with Gasteiger partial charge in [-0.3, -0.25) is 0 Å². The Balaban J connectivity index is 5.77. The van der Waals surface area contributed by atoms with E-state index in [1.165, 1.54) is 0 Å². The summed E-state index contributed by atoms with van der Waals surface area (Å²) >= 11 is 0.918. The van der Waals surface area contributed by atoms with Crippen LogP contribution in [0.5, 0.6) is 0 Å². The largest absolute Gasteiger partial charge is 0.460 e. The number of hydrogen-bond acceptors (Lipinski definition) is 1. The lowest BCUT2D eigenvalue weighted by molar-refractivity contribution is -0.422. The minimum atomic E-state index is -7.38. The first-order valence-electron chi connectivity index (χ1n) is 4.78. The van der Waals surface area contributed by atoms with E-state index >= 15 is 0 Å². The van der Waals surface area contributed by atoms with Gasteiger partial charge in [0.15, 0.2) is 0 Å². The van der Waals surface area contributed by atoms with Crippen molar-refractivity contribution in [3.63, 3.8) is 0 Å². The molecule has 0 aliphatic heterocycles. The van der Waals surface area contributed by atoms with E-state index in [4.69, 9.17) is 5.11 Å². The van der Waals surface area contributed by atoms with Gasteiger partial charge in [0.25, 0.3) is 0 Å². The Morgan fingerprint density at radius 1 is 0.714 bits per heavy atom. The van der Waals surface area contributed by atoms with Gasteiger partial charge in [-0.25, -0.2) is 0 Å². The average molecular weight is 454 g/mol. The number of halogens is 12. The van der Waals surface area contributed by atoms with Crippen molar-refractivity contribution in [3.05, 3.63) is 0 Å². The third-order valence-corrected chi connectivity index (χ3v) is 3.11. The molecule has 128 valence electrons. The number of aliphatic hydroxyl groups excluding tert-OH is 1. The lowest BCUT2D eigenvalue weighted by Gasteiger charge is -2.37. The molecule has 0 bridgehead atoms. The third-order valence-electron chi connectivity index (χ3n) is 2.28. The lowest BCUT2D eigenvalue weighted by atomic mass is 9.95. The number of alkyl halides is 12. The molecule has 0 unspecified atom stereocenters. The molecule has 0 aromatic heterocycles. The summed E-state index contributed by atoms with van der Waals surface area (Å²) in [5.41, 5.74) is 0. The molecule has 1 nitrogen and oxygen atoms in total. The van der Waals surface area contributed by atoms with Crippen LogP contribution < -0.4 is 0 Å². The summed E-state index contributed by atoms with van der Waals surface area (Å²) < 4.78 is 136. The SMILES string of the molecule is OC[C@@H](I)CC(F)(F)C(F)(F)C(F)(F)C(F)(F)C(F)(F)F. The van der Waals surface area contributed by atoms with E-state index in [0.717, 1.165) is 22.6 Å². The van der Waals surface area contributed by atoms with E-state index in [-0.39, 0.29) is 0 Å². The highest BCUT2D eigenvalue weighted by molar-refractivity contribution is 14.1. The van der Waals surface area contributed by atoms with Gasteiger partial charge in [0.2, 0.25) is 0 Å². The summed E-state index contributed by atoms with van der Waals surface area (Å²) in [6.45, 7) is -1.20. The van der Waals surface area contributed by atoms with Crippen LogP contribution in [0.3, 0.4) is 0 Å². The highest BCUT2D eigenvalue weighted by Crippen LogP contribution is 2.58. The second-order valence-corrected chi connectivity index (χ2v) is 5.67. The van der Waals surface area contributed by atoms with E-state index in [1.807, 2.05) is 0 Å². The van der Waals surface area contributed by atoms with Crippen LogP contribution in [-0.2, 0) is 0 Å². The second kappa shape index (κ2) is 5.85. The minimum absolute atomic E-state index is 0.918. The smallest absolute Gasteiger partial charge is 0.395 e. The first kappa shape index (κ1) is 20.9. The maximum atomic E-state index is 13.0. The molecule has 0 spiro atoms. The van der Waals surface area contributed by atoms with E-state index in [2.05, 4.69) is 0 Å². The molecule has 0 aliphatic rings. The van der Waals surface area contributed by atoms with Gasteiger partial charge in [-0.2, -0.15) is 48.3 Å². The fraction of sp³-hybridized carbons (Fsp3) is 1.00. The number of aliphatic hydroxyl groups is 1. The Morgan fingerprint density at radius 3 is 1.38 bits per heavy atom. The molecule has 0 fully saturated rings. The van der Waals surface area contributed by atoms with Crippen LogP contribution in [0.25, 0.3) is 0 Å². The highest BCUT2D eigenvalue weighted by atomic mass is 127. The van der Waals surface area contributed by atoms with Gasteiger partial charge >= 0.3 is 29.9 Å². The summed E-state index contributed by atoms with van der Waals surface area (Å²) in [4.78, 5) is 0. The van der Waals surface area contributed by atoms with Gasteiger partial charge in [0.1, 0.15) is 0 Å². The number of hydrogen-bond donors (Lipinski definition) is 1. The van der Waals surface area contributed by atoms with Crippen molar-refractivity contribution >= 4 is 22.6 Å². The van der Waals surface area contributed by atoms with Crippen LogP contribution in [0.4, 0.5) is 48.3 Å². The molecule has 1 N–H and O–H groups in total. The van der Waals surface area contributed by atoms with Crippen molar-refractivity contribution in [2.75, 3.05) is 6.61 Å². The zero-order chi connectivity index (χ0) is 17.5. The Labute approximate surface area is 123 Å². The van der Waals surface area contributed by atoms with E-state index in [9.17, 15) is 48.3 Å². The third kappa shape index (κ3) is 3.47. The van der Waals surface area contributed by atoms with Gasteiger partial charge < -0.3 is 5.11 Å². The summed E-state index contributed by atoms with van der Waals surface area (Å²) in [6, 6.07) is 0. The van der Waals surface area contributed by atoms with Gasteiger partial charge in [0, 0.05) is 10.3 Å². The first-order valence-corrected chi connectivity index (χ1v) is 6.03. The predicted octanol–water partition coefficient (Wildman–Crippen LogP) is 4.28. The van der Waals surface area contributed by atoms with Crippen molar-refractivity contribution in [2.24, 2.45) is 0 Å². The van der Waals surface area contributed by atoms with Crippen molar-refractivity contribution in [3.8, 4) is 0 Å². The predicted molar refractivity (Wildman–Crippen MR) is 55.4 cm³/mol. The molecule has 21 heavy (non-hydrogen) atoms. The van der Waals surface area contributed by atoms with Crippen LogP contribution in [0.15, 0.2) is 0 Å².